The highest BCUT2D eigenvalue weighted by atomic mass is 16.1. The van der Waals surface area contributed by atoms with Gasteiger partial charge in [-0.15, -0.1) is 0 Å². The van der Waals surface area contributed by atoms with Crippen LogP contribution in [-0.4, -0.2) is 28.5 Å². The van der Waals surface area contributed by atoms with Gasteiger partial charge in [-0.25, -0.2) is 4.98 Å². The zero-order valence-corrected chi connectivity index (χ0v) is 14.3. The van der Waals surface area contributed by atoms with Crippen LogP contribution in [0.5, 0.6) is 0 Å². The van der Waals surface area contributed by atoms with Crippen molar-refractivity contribution in [1.29, 1.82) is 0 Å². The van der Waals surface area contributed by atoms with Gasteiger partial charge in [0.15, 0.2) is 0 Å². The number of hydrogen-bond donors (Lipinski definition) is 4. The summed E-state index contributed by atoms with van der Waals surface area (Å²) in [6.07, 6.45) is 2.27. The lowest BCUT2D eigenvalue weighted by molar-refractivity contribution is 0.100. The lowest BCUT2D eigenvalue weighted by atomic mass is 10.1. The molecular formula is C17H24N6O. The van der Waals surface area contributed by atoms with Gasteiger partial charge in [0.05, 0.1) is 0 Å². The first-order valence-electron chi connectivity index (χ1n) is 7.91. The molecule has 2 rings (SSSR count). The first kappa shape index (κ1) is 17.7. The van der Waals surface area contributed by atoms with E-state index >= 15 is 0 Å². The number of aromatic nitrogens is 2. The van der Waals surface area contributed by atoms with Crippen molar-refractivity contribution >= 4 is 23.4 Å². The van der Waals surface area contributed by atoms with E-state index in [1.54, 1.807) is 0 Å². The third-order valence-corrected chi connectivity index (χ3v) is 3.65. The standard InChI is InChI=1S/C17H24N6O/c1-4-12(8-18)22-17-20-9-14(15(19)24)16(23-17)21-13-6-10(2)5-11(3)7-13/h5-7,9,12H,4,8,18H2,1-3H3,(H2,19,24)(H2,20,21,22,23)/t12-/m1/s1. The van der Waals surface area contributed by atoms with E-state index in [4.69, 9.17) is 11.5 Å². The molecule has 0 bridgehead atoms. The van der Waals surface area contributed by atoms with E-state index < -0.39 is 5.91 Å². The van der Waals surface area contributed by atoms with Crippen molar-refractivity contribution in [2.24, 2.45) is 11.5 Å². The van der Waals surface area contributed by atoms with Gasteiger partial charge in [-0.1, -0.05) is 13.0 Å². The van der Waals surface area contributed by atoms with E-state index in [1.807, 2.05) is 32.9 Å². The Morgan fingerprint density at radius 3 is 2.46 bits per heavy atom. The molecule has 0 saturated heterocycles. The molecule has 0 spiro atoms. The number of nitrogens with two attached hydrogens (primary N) is 2. The Kier molecular flexibility index (Phi) is 5.70. The molecule has 6 N–H and O–H groups in total. The Morgan fingerprint density at radius 1 is 1.25 bits per heavy atom. The smallest absolute Gasteiger partial charge is 0.254 e. The average molecular weight is 328 g/mol. The van der Waals surface area contributed by atoms with E-state index in [2.05, 4.69) is 26.7 Å². The maximum absolute atomic E-state index is 11.7. The summed E-state index contributed by atoms with van der Waals surface area (Å²) < 4.78 is 0. The summed E-state index contributed by atoms with van der Waals surface area (Å²) in [6.45, 7) is 6.51. The van der Waals surface area contributed by atoms with Crippen LogP contribution in [0.4, 0.5) is 17.5 Å². The second-order valence-corrected chi connectivity index (χ2v) is 5.81. The maximum atomic E-state index is 11.7. The second kappa shape index (κ2) is 7.74. The monoisotopic (exact) mass is 328 g/mol. The summed E-state index contributed by atoms with van der Waals surface area (Å²) in [6, 6.07) is 6.09. The summed E-state index contributed by atoms with van der Waals surface area (Å²) in [5, 5.41) is 6.32. The number of primary amides is 1. The molecule has 0 aliphatic heterocycles. The van der Waals surface area contributed by atoms with E-state index in [1.165, 1.54) is 6.20 Å². The van der Waals surface area contributed by atoms with Crippen LogP contribution in [-0.2, 0) is 0 Å². The number of anilines is 3. The highest BCUT2D eigenvalue weighted by molar-refractivity contribution is 5.98. The number of carbonyl (C=O) groups excluding carboxylic acids is 1. The Hall–Kier alpha value is -2.67. The predicted octanol–water partition coefficient (Wildman–Crippen LogP) is 2.09. The van der Waals surface area contributed by atoms with E-state index in [0.717, 1.165) is 23.2 Å². The fourth-order valence-electron chi connectivity index (χ4n) is 2.42. The Bertz CT molecular complexity index is 707. The quantitative estimate of drug-likeness (QED) is 0.618. The fraction of sp³-hybridized carbons (Fsp3) is 0.353. The molecule has 7 nitrogen and oxygen atoms in total. The van der Waals surface area contributed by atoms with Crippen molar-refractivity contribution in [3.05, 3.63) is 41.1 Å². The second-order valence-electron chi connectivity index (χ2n) is 5.81. The maximum Gasteiger partial charge on any atom is 0.254 e. The molecule has 0 saturated carbocycles. The van der Waals surface area contributed by atoms with Crippen molar-refractivity contribution in [2.45, 2.75) is 33.2 Å². The van der Waals surface area contributed by atoms with Crippen molar-refractivity contribution in [3.8, 4) is 0 Å². The number of carbonyl (C=O) groups is 1. The van der Waals surface area contributed by atoms with Gasteiger partial charge in [-0.05, 0) is 43.5 Å². The number of rotatable bonds is 7. The van der Waals surface area contributed by atoms with Gasteiger partial charge in [0.1, 0.15) is 11.4 Å². The van der Waals surface area contributed by atoms with Gasteiger partial charge in [0.2, 0.25) is 5.95 Å². The van der Waals surface area contributed by atoms with Crippen LogP contribution in [0.15, 0.2) is 24.4 Å². The lowest BCUT2D eigenvalue weighted by Gasteiger charge is -2.16. The Labute approximate surface area is 141 Å². The molecule has 1 amide bonds. The van der Waals surface area contributed by atoms with Crippen LogP contribution in [0.25, 0.3) is 0 Å². The van der Waals surface area contributed by atoms with Gasteiger partial charge in [0.25, 0.3) is 5.91 Å². The van der Waals surface area contributed by atoms with Crippen LogP contribution >= 0.6 is 0 Å². The average Bonchev–Trinajstić information content (AvgIpc) is 2.51. The van der Waals surface area contributed by atoms with Crippen molar-refractivity contribution in [1.82, 2.24) is 9.97 Å². The minimum Gasteiger partial charge on any atom is -0.365 e. The number of aryl methyl sites for hydroxylation is 2. The molecule has 1 atom stereocenters. The summed E-state index contributed by atoms with van der Waals surface area (Å²) in [4.78, 5) is 20.2. The molecule has 0 unspecified atom stereocenters. The first-order valence-corrected chi connectivity index (χ1v) is 7.91. The summed E-state index contributed by atoms with van der Waals surface area (Å²) in [5.74, 6) is 0.195. The van der Waals surface area contributed by atoms with E-state index in [0.29, 0.717) is 18.3 Å². The minimum atomic E-state index is -0.584. The number of hydrogen-bond acceptors (Lipinski definition) is 6. The third kappa shape index (κ3) is 4.42. The number of amides is 1. The largest absolute Gasteiger partial charge is 0.365 e. The molecule has 7 heteroatoms. The van der Waals surface area contributed by atoms with Crippen LogP contribution in [0, 0.1) is 13.8 Å². The molecule has 0 radical (unpaired) electrons. The topological polar surface area (TPSA) is 119 Å². The first-order chi connectivity index (χ1) is 11.4. The molecule has 1 aromatic carbocycles. The fourth-order valence-corrected chi connectivity index (χ4v) is 2.42. The zero-order valence-electron chi connectivity index (χ0n) is 14.3. The van der Waals surface area contributed by atoms with Gasteiger partial charge in [-0.2, -0.15) is 4.98 Å². The molecule has 1 aromatic heterocycles. The number of nitrogens with zero attached hydrogens (tertiary/aromatic N) is 2. The van der Waals surface area contributed by atoms with Crippen LogP contribution in [0.2, 0.25) is 0 Å². The summed E-state index contributed by atoms with van der Waals surface area (Å²) >= 11 is 0. The van der Waals surface area contributed by atoms with Crippen LogP contribution < -0.4 is 22.1 Å². The molecule has 0 aliphatic rings. The molecule has 24 heavy (non-hydrogen) atoms. The van der Waals surface area contributed by atoms with Crippen LogP contribution in [0.3, 0.4) is 0 Å². The summed E-state index contributed by atoms with van der Waals surface area (Å²) in [7, 11) is 0. The normalized spacial score (nSPS) is 11.8. The van der Waals surface area contributed by atoms with Gasteiger partial charge in [-0.3, -0.25) is 4.79 Å². The zero-order chi connectivity index (χ0) is 17.7. The molecule has 128 valence electrons. The van der Waals surface area contributed by atoms with E-state index in [9.17, 15) is 4.79 Å². The Morgan fingerprint density at radius 2 is 1.92 bits per heavy atom. The molecular weight excluding hydrogens is 304 g/mol. The van der Waals surface area contributed by atoms with E-state index in [-0.39, 0.29) is 11.6 Å². The highest BCUT2D eigenvalue weighted by Gasteiger charge is 2.14. The third-order valence-electron chi connectivity index (χ3n) is 3.65. The predicted molar refractivity (Wildman–Crippen MR) is 96.5 cm³/mol. The highest BCUT2D eigenvalue weighted by Crippen LogP contribution is 2.22. The molecule has 0 aliphatic carbocycles. The lowest BCUT2D eigenvalue weighted by Crippen LogP contribution is -2.29. The van der Waals surface area contributed by atoms with Crippen molar-refractivity contribution in [2.75, 3.05) is 17.2 Å². The van der Waals surface area contributed by atoms with Crippen molar-refractivity contribution in [3.63, 3.8) is 0 Å². The van der Waals surface area contributed by atoms with Gasteiger partial charge >= 0.3 is 0 Å². The summed E-state index contributed by atoms with van der Waals surface area (Å²) in [5.41, 5.74) is 14.4. The number of benzene rings is 1. The molecule has 2 aromatic rings. The molecule has 1 heterocycles. The van der Waals surface area contributed by atoms with Crippen LogP contribution in [0.1, 0.15) is 34.8 Å². The van der Waals surface area contributed by atoms with Gasteiger partial charge in [0, 0.05) is 24.5 Å². The Balaban J connectivity index is 2.35. The van der Waals surface area contributed by atoms with Gasteiger partial charge < -0.3 is 22.1 Å². The SMILES string of the molecule is CC[C@H](CN)Nc1ncc(C(N)=O)c(Nc2cc(C)cc(C)c2)n1. The molecule has 0 fully saturated rings. The number of nitrogens with one attached hydrogen (secondary N) is 2. The minimum absolute atomic E-state index is 0.0680. The van der Waals surface area contributed by atoms with Crippen molar-refractivity contribution < 1.29 is 4.79 Å².